The Bertz CT molecular complexity index is 609. The van der Waals surface area contributed by atoms with Gasteiger partial charge in [-0.05, 0) is 23.8 Å². The number of rotatable bonds is 6. The highest BCUT2D eigenvalue weighted by atomic mass is 16.4. The number of aromatic amines is 1. The maximum absolute atomic E-state index is 12.0. The van der Waals surface area contributed by atoms with Gasteiger partial charge in [-0.1, -0.05) is 25.5 Å². The van der Waals surface area contributed by atoms with Crippen molar-refractivity contribution in [2.45, 2.75) is 25.8 Å². The minimum Gasteiger partial charge on any atom is -0.480 e. The SMILES string of the molecule is CCCC(NC(=O)c1ccc(-c2nn[nH]n2)cc1)C(=O)O. The highest BCUT2D eigenvalue weighted by molar-refractivity contribution is 5.96. The molecule has 0 spiro atoms. The number of carbonyl (C=O) groups is 2. The minimum absolute atomic E-state index is 0.379. The third kappa shape index (κ3) is 3.62. The Morgan fingerprint density at radius 2 is 2.05 bits per heavy atom. The van der Waals surface area contributed by atoms with Crippen LogP contribution in [-0.2, 0) is 4.79 Å². The topological polar surface area (TPSA) is 121 Å². The van der Waals surface area contributed by atoms with Crippen LogP contribution < -0.4 is 5.32 Å². The maximum Gasteiger partial charge on any atom is 0.326 e. The van der Waals surface area contributed by atoms with Gasteiger partial charge in [0, 0.05) is 11.1 Å². The van der Waals surface area contributed by atoms with Crippen molar-refractivity contribution in [2.75, 3.05) is 0 Å². The lowest BCUT2D eigenvalue weighted by molar-refractivity contribution is -0.139. The molecule has 0 aliphatic rings. The molecule has 0 saturated carbocycles. The first kappa shape index (κ1) is 14.6. The molecule has 110 valence electrons. The normalized spacial score (nSPS) is 11.9. The Balaban J connectivity index is 2.07. The van der Waals surface area contributed by atoms with Crippen molar-refractivity contribution in [2.24, 2.45) is 0 Å². The van der Waals surface area contributed by atoms with Crippen LogP contribution in [0.3, 0.4) is 0 Å². The molecule has 8 nitrogen and oxygen atoms in total. The van der Waals surface area contributed by atoms with Crippen molar-refractivity contribution in [3.8, 4) is 11.4 Å². The smallest absolute Gasteiger partial charge is 0.326 e. The second-order valence-corrected chi connectivity index (χ2v) is 4.47. The molecule has 0 saturated heterocycles. The van der Waals surface area contributed by atoms with E-state index in [-0.39, 0.29) is 0 Å². The Hall–Kier alpha value is -2.77. The van der Waals surface area contributed by atoms with Crippen LogP contribution in [0.25, 0.3) is 11.4 Å². The van der Waals surface area contributed by atoms with Gasteiger partial charge in [0.25, 0.3) is 5.91 Å². The second-order valence-electron chi connectivity index (χ2n) is 4.47. The summed E-state index contributed by atoms with van der Waals surface area (Å²) in [6, 6.07) is 5.65. The van der Waals surface area contributed by atoms with Crippen molar-refractivity contribution >= 4 is 11.9 Å². The third-order valence-corrected chi connectivity index (χ3v) is 2.93. The summed E-state index contributed by atoms with van der Waals surface area (Å²) in [5.41, 5.74) is 1.09. The zero-order valence-corrected chi connectivity index (χ0v) is 11.4. The second kappa shape index (κ2) is 6.60. The standard InChI is InChI=1S/C13H15N5O3/c1-2-3-10(13(20)21)14-12(19)9-6-4-8(5-7-9)11-15-17-18-16-11/h4-7,10H,2-3H2,1H3,(H,14,19)(H,20,21)(H,15,16,17,18). The number of benzene rings is 1. The molecule has 0 aliphatic carbocycles. The van der Waals surface area contributed by atoms with E-state index in [1.165, 1.54) is 0 Å². The fourth-order valence-electron chi connectivity index (χ4n) is 1.84. The van der Waals surface area contributed by atoms with E-state index in [2.05, 4.69) is 25.9 Å². The Morgan fingerprint density at radius 1 is 1.33 bits per heavy atom. The van der Waals surface area contributed by atoms with Gasteiger partial charge in [0.05, 0.1) is 0 Å². The summed E-state index contributed by atoms with van der Waals surface area (Å²) in [6.07, 6.45) is 1.07. The molecule has 0 bridgehead atoms. The van der Waals surface area contributed by atoms with Gasteiger partial charge in [0.2, 0.25) is 5.82 Å². The van der Waals surface area contributed by atoms with E-state index in [4.69, 9.17) is 5.11 Å². The predicted molar refractivity (Wildman–Crippen MR) is 73.4 cm³/mol. The number of nitrogens with one attached hydrogen (secondary N) is 2. The number of H-pyrrole nitrogens is 1. The van der Waals surface area contributed by atoms with Gasteiger partial charge in [-0.3, -0.25) is 4.79 Å². The average molecular weight is 289 g/mol. The van der Waals surface area contributed by atoms with Crippen molar-refractivity contribution < 1.29 is 14.7 Å². The first-order valence-electron chi connectivity index (χ1n) is 6.49. The molecule has 21 heavy (non-hydrogen) atoms. The zero-order chi connectivity index (χ0) is 15.2. The van der Waals surface area contributed by atoms with Gasteiger partial charge in [-0.25, -0.2) is 4.79 Å². The fourth-order valence-corrected chi connectivity index (χ4v) is 1.84. The number of carboxylic acids is 1. The number of aliphatic carboxylic acids is 1. The quantitative estimate of drug-likeness (QED) is 0.725. The minimum atomic E-state index is -1.03. The number of hydrogen-bond donors (Lipinski definition) is 3. The number of hydrogen-bond acceptors (Lipinski definition) is 5. The van der Waals surface area contributed by atoms with Crippen molar-refractivity contribution in [3.05, 3.63) is 29.8 Å². The summed E-state index contributed by atoms with van der Waals surface area (Å²) in [7, 11) is 0. The predicted octanol–water partition coefficient (Wildman–Crippen LogP) is 0.850. The van der Waals surface area contributed by atoms with Gasteiger partial charge < -0.3 is 10.4 Å². The van der Waals surface area contributed by atoms with E-state index in [1.807, 2.05) is 6.92 Å². The summed E-state index contributed by atoms with van der Waals surface area (Å²) >= 11 is 0. The Morgan fingerprint density at radius 3 is 2.57 bits per heavy atom. The molecule has 3 N–H and O–H groups in total. The van der Waals surface area contributed by atoms with E-state index < -0.39 is 17.9 Å². The molecule has 1 aromatic heterocycles. The number of aromatic nitrogens is 4. The first-order chi connectivity index (χ1) is 10.1. The molecule has 1 atom stereocenters. The highest BCUT2D eigenvalue weighted by Gasteiger charge is 2.19. The van der Waals surface area contributed by atoms with Crippen LogP contribution in [0.4, 0.5) is 0 Å². The van der Waals surface area contributed by atoms with Gasteiger partial charge in [0.15, 0.2) is 0 Å². The lowest BCUT2D eigenvalue weighted by Gasteiger charge is -2.13. The molecule has 1 amide bonds. The lowest BCUT2D eigenvalue weighted by Crippen LogP contribution is -2.40. The number of amides is 1. The lowest BCUT2D eigenvalue weighted by atomic mass is 10.1. The van der Waals surface area contributed by atoms with Crippen LogP contribution in [0.5, 0.6) is 0 Å². The largest absolute Gasteiger partial charge is 0.480 e. The fraction of sp³-hybridized carbons (Fsp3) is 0.308. The molecule has 1 aromatic carbocycles. The molecule has 8 heteroatoms. The number of carboxylic acid groups (broad SMARTS) is 1. The summed E-state index contributed by atoms with van der Waals surface area (Å²) in [5.74, 6) is -1.03. The van der Waals surface area contributed by atoms with E-state index in [0.717, 1.165) is 0 Å². The Kier molecular flexibility index (Phi) is 4.60. The van der Waals surface area contributed by atoms with Crippen LogP contribution in [0.2, 0.25) is 0 Å². The van der Waals surface area contributed by atoms with Gasteiger partial charge in [0.1, 0.15) is 6.04 Å². The summed E-state index contributed by atoms with van der Waals surface area (Å²) in [4.78, 5) is 23.0. The Labute approximate surface area is 120 Å². The van der Waals surface area contributed by atoms with Crippen molar-refractivity contribution in [3.63, 3.8) is 0 Å². The molecule has 0 radical (unpaired) electrons. The molecule has 2 aromatic rings. The maximum atomic E-state index is 12.0. The van der Waals surface area contributed by atoms with Crippen LogP contribution in [0.15, 0.2) is 24.3 Å². The molecule has 1 unspecified atom stereocenters. The number of tetrazole rings is 1. The van der Waals surface area contributed by atoms with Crippen LogP contribution >= 0.6 is 0 Å². The molecule has 0 aliphatic heterocycles. The summed E-state index contributed by atoms with van der Waals surface area (Å²) in [6.45, 7) is 1.86. The monoisotopic (exact) mass is 289 g/mol. The third-order valence-electron chi connectivity index (χ3n) is 2.93. The molecular formula is C13H15N5O3. The number of carbonyl (C=O) groups excluding carboxylic acids is 1. The number of nitrogens with zero attached hydrogens (tertiary/aromatic N) is 3. The van der Waals surface area contributed by atoms with Gasteiger partial charge in [-0.15, -0.1) is 10.2 Å². The summed E-state index contributed by atoms with van der Waals surface area (Å²) < 4.78 is 0. The zero-order valence-electron chi connectivity index (χ0n) is 11.4. The van der Waals surface area contributed by atoms with E-state index in [0.29, 0.717) is 29.8 Å². The van der Waals surface area contributed by atoms with Crippen LogP contribution in [-0.4, -0.2) is 43.6 Å². The van der Waals surface area contributed by atoms with E-state index >= 15 is 0 Å². The molecule has 0 fully saturated rings. The van der Waals surface area contributed by atoms with Crippen molar-refractivity contribution in [1.82, 2.24) is 25.9 Å². The molecular weight excluding hydrogens is 274 g/mol. The first-order valence-corrected chi connectivity index (χ1v) is 6.49. The van der Waals surface area contributed by atoms with E-state index in [1.54, 1.807) is 24.3 Å². The van der Waals surface area contributed by atoms with Crippen LogP contribution in [0.1, 0.15) is 30.1 Å². The summed E-state index contributed by atoms with van der Waals surface area (Å²) in [5, 5.41) is 25.0. The molecule has 1 heterocycles. The highest BCUT2D eigenvalue weighted by Crippen LogP contribution is 2.14. The molecule has 2 rings (SSSR count). The average Bonchev–Trinajstić information content (AvgIpc) is 3.01. The van der Waals surface area contributed by atoms with E-state index in [9.17, 15) is 9.59 Å². The van der Waals surface area contributed by atoms with Gasteiger partial charge >= 0.3 is 5.97 Å². The van der Waals surface area contributed by atoms with Crippen molar-refractivity contribution in [1.29, 1.82) is 0 Å². The van der Waals surface area contributed by atoms with Crippen LogP contribution in [0, 0.1) is 0 Å². The van der Waals surface area contributed by atoms with Gasteiger partial charge in [-0.2, -0.15) is 5.21 Å².